The molecule has 0 bridgehead atoms. The zero-order valence-corrected chi connectivity index (χ0v) is 19.3. The van der Waals surface area contributed by atoms with Crippen molar-refractivity contribution in [2.24, 2.45) is 5.73 Å². The Morgan fingerprint density at radius 1 is 1.29 bits per heavy atom. The van der Waals surface area contributed by atoms with Crippen molar-refractivity contribution in [2.45, 2.75) is 57.2 Å². The zero-order valence-electron chi connectivity index (χ0n) is 18.5. The second-order valence-corrected chi connectivity index (χ2v) is 9.91. The van der Waals surface area contributed by atoms with E-state index in [0.717, 1.165) is 22.6 Å². The Bertz CT molecular complexity index is 1270. The molecule has 34 heavy (non-hydrogen) atoms. The summed E-state index contributed by atoms with van der Waals surface area (Å²) in [7, 11) is 0. The molecule has 0 spiro atoms. The first-order chi connectivity index (χ1) is 16.2. The Hall–Kier alpha value is -2.92. The number of hydrogen-bond donors (Lipinski definition) is 3. The van der Waals surface area contributed by atoms with Crippen molar-refractivity contribution in [2.75, 3.05) is 17.2 Å². The van der Waals surface area contributed by atoms with Crippen LogP contribution in [0.4, 0.5) is 24.7 Å². The number of pyridine rings is 2. The van der Waals surface area contributed by atoms with Crippen LogP contribution in [-0.4, -0.2) is 47.0 Å². The highest BCUT2D eigenvalue weighted by molar-refractivity contribution is 7.21. The van der Waals surface area contributed by atoms with E-state index in [1.54, 1.807) is 17.9 Å². The van der Waals surface area contributed by atoms with Crippen LogP contribution in [-0.2, 0) is 12.8 Å². The normalized spacial score (nSPS) is 22.4. The van der Waals surface area contributed by atoms with E-state index in [-0.39, 0.29) is 23.3 Å². The number of nitrogens with one attached hydrogen (secondary N) is 1. The highest BCUT2D eigenvalue weighted by atomic mass is 32.1. The first-order valence-electron chi connectivity index (χ1n) is 11.2. The van der Waals surface area contributed by atoms with Gasteiger partial charge in [-0.25, -0.2) is 23.1 Å². The minimum absolute atomic E-state index is 0.127. The van der Waals surface area contributed by atoms with Gasteiger partial charge in [0, 0.05) is 29.7 Å². The number of fused-ring (bicyclic) bond motifs is 2. The van der Waals surface area contributed by atoms with Gasteiger partial charge in [0.05, 0.1) is 11.4 Å². The fraction of sp³-hybridized carbons (Fsp3) is 0.435. The summed E-state index contributed by atoms with van der Waals surface area (Å²) in [6, 6.07) is 3.23. The lowest BCUT2D eigenvalue weighted by Gasteiger charge is -2.29. The van der Waals surface area contributed by atoms with Crippen molar-refractivity contribution in [3.05, 3.63) is 45.8 Å². The maximum atomic E-state index is 13.9. The number of aromatic nitrogens is 2. The lowest BCUT2D eigenvalue weighted by atomic mass is 9.91. The second kappa shape index (κ2) is 8.70. The summed E-state index contributed by atoms with van der Waals surface area (Å²) in [6.07, 6.45) is -0.190. The van der Waals surface area contributed by atoms with E-state index in [4.69, 9.17) is 11.5 Å². The molecule has 3 atom stereocenters. The number of thiophene rings is 1. The standard InChI is InChI=1S/C23H25F3N6OS/c1-10-14(24)9-13-18(28)20(34-23(13)29-10)22(33)30-12-3-4-16-11(8-12)2-5-17(31-16)32-7-6-15(27)19(32)21(25)26/h2,5,9,12,15,19,21H,3-4,6-8,27-28H2,1H3,(H,30,33). The summed E-state index contributed by atoms with van der Waals surface area (Å²) < 4.78 is 40.9. The molecule has 3 aromatic rings. The Morgan fingerprint density at radius 2 is 2.09 bits per heavy atom. The largest absolute Gasteiger partial charge is 0.397 e. The van der Waals surface area contributed by atoms with Gasteiger partial charge < -0.3 is 21.7 Å². The number of amides is 1. The summed E-state index contributed by atoms with van der Waals surface area (Å²) in [6.45, 7) is 2.02. The van der Waals surface area contributed by atoms with Crippen molar-refractivity contribution in [1.82, 2.24) is 15.3 Å². The molecular formula is C23H25F3N6OS. The molecule has 1 saturated heterocycles. The number of carbonyl (C=O) groups is 1. The number of nitrogens with two attached hydrogens (primary N) is 2. The van der Waals surface area contributed by atoms with Crippen LogP contribution < -0.4 is 21.7 Å². The maximum absolute atomic E-state index is 13.9. The van der Waals surface area contributed by atoms with Gasteiger partial charge in [0.25, 0.3) is 12.3 Å². The van der Waals surface area contributed by atoms with Crippen LogP contribution in [0, 0.1) is 12.7 Å². The molecule has 7 nitrogen and oxygen atoms in total. The Morgan fingerprint density at radius 3 is 2.85 bits per heavy atom. The minimum atomic E-state index is -2.54. The van der Waals surface area contributed by atoms with Crippen LogP contribution in [0.3, 0.4) is 0 Å². The number of nitrogen functional groups attached to an aromatic ring is 1. The summed E-state index contributed by atoms with van der Waals surface area (Å²) in [5.74, 6) is -0.259. The first-order valence-corrected chi connectivity index (χ1v) is 12.0. The average molecular weight is 491 g/mol. The molecule has 3 aromatic heterocycles. The van der Waals surface area contributed by atoms with Gasteiger partial charge in [-0.15, -0.1) is 11.3 Å². The zero-order chi connectivity index (χ0) is 24.1. The topological polar surface area (TPSA) is 110 Å². The van der Waals surface area contributed by atoms with Crippen LogP contribution in [0.2, 0.25) is 0 Å². The Labute approximate surface area is 198 Å². The molecule has 1 amide bonds. The highest BCUT2D eigenvalue weighted by Crippen LogP contribution is 2.34. The minimum Gasteiger partial charge on any atom is -0.397 e. The first kappa shape index (κ1) is 22.9. The predicted molar refractivity (Wildman–Crippen MR) is 126 cm³/mol. The van der Waals surface area contributed by atoms with Crippen LogP contribution in [0.25, 0.3) is 10.2 Å². The van der Waals surface area contributed by atoms with E-state index in [1.807, 2.05) is 6.07 Å². The second-order valence-electron chi connectivity index (χ2n) is 8.91. The van der Waals surface area contributed by atoms with Crippen molar-refractivity contribution in [1.29, 1.82) is 0 Å². The number of halogens is 3. The van der Waals surface area contributed by atoms with Gasteiger partial charge in [-0.2, -0.15) is 0 Å². The van der Waals surface area contributed by atoms with Gasteiger partial charge in [-0.3, -0.25) is 4.79 Å². The maximum Gasteiger partial charge on any atom is 0.263 e. The van der Waals surface area contributed by atoms with Crippen LogP contribution in [0.15, 0.2) is 18.2 Å². The number of rotatable bonds is 4. The molecule has 0 saturated carbocycles. The number of aryl methyl sites for hydroxylation is 2. The van der Waals surface area contributed by atoms with Crippen molar-refractivity contribution in [3.63, 3.8) is 0 Å². The number of hydrogen-bond acceptors (Lipinski definition) is 7. The van der Waals surface area contributed by atoms with Gasteiger partial charge in [0.15, 0.2) is 0 Å². The third-order valence-corrected chi connectivity index (χ3v) is 7.81. The molecule has 180 valence electrons. The quantitative estimate of drug-likeness (QED) is 0.518. The summed E-state index contributed by atoms with van der Waals surface area (Å²) in [5.41, 5.74) is 14.3. The molecule has 2 aliphatic rings. The van der Waals surface area contributed by atoms with Crippen molar-refractivity contribution >= 4 is 39.0 Å². The number of alkyl halides is 2. The predicted octanol–water partition coefficient (Wildman–Crippen LogP) is 3.18. The van der Waals surface area contributed by atoms with Gasteiger partial charge in [-0.05, 0) is 50.3 Å². The van der Waals surface area contributed by atoms with E-state index in [2.05, 4.69) is 15.3 Å². The number of anilines is 2. The molecule has 5 rings (SSSR count). The van der Waals surface area contributed by atoms with E-state index in [9.17, 15) is 18.0 Å². The smallest absolute Gasteiger partial charge is 0.263 e. The molecule has 0 aromatic carbocycles. The number of nitrogens with zero attached hydrogens (tertiary/aromatic N) is 3. The van der Waals surface area contributed by atoms with Gasteiger partial charge in [-0.1, -0.05) is 6.07 Å². The van der Waals surface area contributed by atoms with E-state index < -0.39 is 24.3 Å². The highest BCUT2D eigenvalue weighted by Gasteiger charge is 2.39. The molecule has 4 heterocycles. The summed E-state index contributed by atoms with van der Waals surface area (Å²) in [5, 5.41) is 3.46. The third kappa shape index (κ3) is 3.96. The molecule has 3 unspecified atom stereocenters. The van der Waals surface area contributed by atoms with Crippen LogP contribution >= 0.6 is 11.3 Å². The van der Waals surface area contributed by atoms with E-state index >= 15 is 0 Å². The van der Waals surface area contributed by atoms with E-state index in [1.165, 1.54) is 6.07 Å². The SMILES string of the molecule is Cc1nc2sc(C(=O)NC3CCc4nc(N5CCC(N)C5C(F)F)ccc4C3)c(N)c2cc1F. The molecule has 1 fully saturated rings. The van der Waals surface area contributed by atoms with E-state index in [0.29, 0.717) is 53.1 Å². The number of carbonyl (C=O) groups excluding carboxylic acids is 1. The van der Waals surface area contributed by atoms with Crippen molar-refractivity contribution < 1.29 is 18.0 Å². The van der Waals surface area contributed by atoms with Crippen molar-refractivity contribution in [3.8, 4) is 0 Å². The molecule has 5 N–H and O–H groups in total. The Balaban J connectivity index is 1.31. The summed E-state index contributed by atoms with van der Waals surface area (Å²) in [4.78, 5) is 24.2. The fourth-order valence-electron chi connectivity index (χ4n) is 4.84. The molecule has 1 aliphatic heterocycles. The molecular weight excluding hydrogens is 465 g/mol. The van der Waals surface area contributed by atoms with Gasteiger partial charge in [0.1, 0.15) is 27.4 Å². The lowest BCUT2D eigenvalue weighted by Crippen LogP contribution is -2.45. The monoisotopic (exact) mass is 490 g/mol. The Kier molecular flexibility index (Phi) is 5.85. The van der Waals surface area contributed by atoms with Crippen LogP contribution in [0.1, 0.15) is 39.5 Å². The lowest BCUT2D eigenvalue weighted by molar-refractivity contribution is 0.0938. The van der Waals surface area contributed by atoms with Gasteiger partial charge in [0.2, 0.25) is 0 Å². The van der Waals surface area contributed by atoms with Crippen LogP contribution in [0.5, 0.6) is 0 Å². The third-order valence-electron chi connectivity index (χ3n) is 6.70. The average Bonchev–Trinajstić information content (AvgIpc) is 3.34. The molecule has 0 radical (unpaired) electrons. The molecule has 1 aliphatic carbocycles. The molecule has 11 heteroatoms. The van der Waals surface area contributed by atoms with Gasteiger partial charge >= 0.3 is 0 Å². The summed E-state index contributed by atoms with van der Waals surface area (Å²) >= 11 is 1.14. The fourth-order valence-corrected chi connectivity index (χ4v) is 5.86.